The lowest BCUT2D eigenvalue weighted by Gasteiger charge is -2.11. The van der Waals surface area contributed by atoms with E-state index in [-0.39, 0.29) is 0 Å². The van der Waals surface area contributed by atoms with Crippen LogP contribution in [0.5, 0.6) is 0 Å². The molecule has 0 spiro atoms. The van der Waals surface area contributed by atoms with E-state index in [2.05, 4.69) is 10.3 Å². The topological polar surface area (TPSA) is 97.1 Å². The minimum absolute atomic E-state index is 0.432. The van der Waals surface area contributed by atoms with Crippen LogP contribution in [0.2, 0.25) is 0 Å². The van der Waals surface area contributed by atoms with Gasteiger partial charge < -0.3 is 11.1 Å². The molecule has 0 aromatic carbocycles. The molecule has 0 saturated carbocycles. The Morgan fingerprint density at radius 2 is 2.24 bits per heavy atom. The molecule has 0 aliphatic carbocycles. The fourth-order valence-electron chi connectivity index (χ4n) is 1.29. The Balaban J connectivity index is 2.27. The first-order valence-electron chi connectivity index (χ1n) is 5.33. The number of imide groups is 1. The molecule has 0 fully saturated rings. The number of nitrogens with zero attached hydrogens (tertiary/aromatic N) is 1. The van der Waals surface area contributed by atoms with Gasteiger partial charge >= 0.3 is 6.03 Å². The van der Waals surface area contributed by atoms with Gasteiger partial charge in [0.1, 0.15) is 0 Å². The molecule has 1 rings (SSSR count). The summed E-state index contributed by atoms with van der Waals surface area (Å²) in [6.07, 6.45) is 2.44. The largest absolute Gasteiger partial charge is 0.351 e. The highest BCUT2D eigenvalue weighted by molar-refractivity contribution is 5.96. The van der Waals surface area contributed by atoms with Crippen LogP contribution in [0, 0.1) is 0 Å². The fourth-order valence-corrected chi connectivity index (χ4v) is 1.29. The summed E-state index contributed by atoms with van der Waals surface area (Å²) in [4.78, 5) is 25.9. The monoisotopic (exact) mass is 236 g/mol. The molecule has 1 unspecified atom stereocenters. The Kier molecular flexibility index (Phi) is 5.09. The molecule has 4 N–H and O–H groups in total. The van der Waals surface area contributed by atoms with Crippen molar-refractivity contribution in [2.75, 3.05) is 6.54 Å². The quantitative estimate of drug-likeness (QED) is 0.659. The Labute approximate surface area is 99.6 Å². The first kappa shape index (κ1) is 13.1. The van der Waals surface area contributed by atoms with E-state index < -0.39 is 18.0 Å². The molecule has 1 aromatic heterocycles. The van der Waals surface area contributed by atoms with Crippen LogP contribution in [0.15, 0.2) is 24.4 Å². The van der Waals surface area contributed by atoms with Crippen molar-refractivity contribution >= 4 is 11.9 Å². The third kappa shape index (κ3) is 5.07. The first-order valence-corrected chi connectivity index (χ1v) is 5.33. The maximum absolute atomic E-state index is 11.3. The number of aromatic nitrogens is 1. The number of hydrogen-bond acceptors (Lipinski definition) is 4. The van der Waals surface area contributed by atoms with Crippen molar-refractivity contribution in [1.82, 2.24) is 15.6 Å². The van der Waals surface area contributed by atoms with Gasteiger partial charge in [-0.3, -0.25) is 15.1 Å². The van der Waals surface area contributed by atoms with Crippen LogP contribution in [0.3, 0.4) is 0 Å². The highest BCUT2D eigenvalue weighted by Crippen LogP contribution is 1.93. The summed E-state index contributed by atoms with van der Waals surface area (Å²) in [5.41, 5.74) is 5.79. The van der Waals surface area contributed by atoms with Gasteiger partial charge in [-0.15, -0.1) is 0 Å². The molecule has 1 atom stereocenters. The van der Waals surface area contributed by atoms with Gasteiger partial charge in [0.2, 0.25) is 5.91 Å². The van der Waals surface area contributed by atoms with Crippen LogP contribution >= 0.6 is 0 Å². The number of carbonyl (C=O) groups is 2. The molecular weight excluding hydrogens is 220 g/mol. The van der Waals surface area contributed by atoms with Crippen LogP contribution in [0.25, 0.3) is 0 Å². The van der Waals surface area contributed by atoms with E-state index >= 15 is 0 Å². The molecule has 6 heteroatoms. The zero-order valence-corrected chi connectivity index (χ0v) is 9.64. The number of amides is 3. The molecule has 0 aliphatic rings. The molecule has 0 radical (unpaired) electrons. The molecule has 3 amide bonds. The zero-order chi connectivity index (χ0) is 12.7. The van der Waals surface area contributed by atoms with E-state index in [1.807, 2.05) is 23.5 Å². The highest BCUT2D eigenvalue weighted by Gasteiger charge is 2.12. The predicted octanol–water partition coefficient (Wildman–Crippen LogP) is -0.203. The van der Waals surface area contributed by atoms with Crippen molar-refractivity contribution < 1.29 is 9.59 Å². The molecule has 0 saturated heterocycles. The molecule has 0 bridgehead atoms. The number of primary amides is 1. The van der Waals surface area contributed by atoms with Crippen LogP contribution in [0.4, 0.5) is 4.79 Å². The smallest absolute Gasteiger partial charge is 0.318 e. The van der Waals surface area contributed by atoms with E-state index in [0.717, 1.165) is 12.1 Å². The minimum atomic E-state index is -0.839. The molecule has 6 nitrogen and oxygen atoms in total. The second-order valence-electron chi connectivity index (χ2n) is 3.60. The molecule has 17 heavy (non-hydrogen) atoms. The summed E-state index contributed by atoms with van der Waals surface area (Å²) in [7, 11) is 0. The molecule has 1 heterocycles. The van der Waals surface area contributed by atoms with E-state index in [4.69, 9.17) is 5.73 Å². The predicted molar refractivity (Wildman–Crippen MR) is 63.1 cm³/mol. The Morgan fingerprint density at radius 1 is 1.47 bits per heavy atom. The normalized spacial score (nSPS) is 11.8. The fraction of sp³-hybridized carbons (Fsp3) is 0.364. The standard InChI is InChI=1S/C11H16N4O2/c1-8(10(16)15-11(12)17)13-7-5-9-4-2-3-6-14-9/h2-4,6,8,13H,5,7H2,1H3,(H3,12,15,16,17). The van der Waals surface area contributed by atoms with E-state index in [1.165, 1.54) is 0 Å². The summed E-state index contributed by atoms with van der Waals surface area (Å²) in [5, 5.41) is 4.99. The van der Waals surface area contributed by atoms with Crippen molar-refractivity contribution in [2.45, 2.75) is 19.4 Å². The zero-order valence-electron chi connectivity index (χ0n) is 9.64. The van der Waals surface area contributed by atoms with Crippen molar-refractivity contribution in [3.05, 3.63) is 30.1 Å². The number of rotatable bonds is 5. The van der Waals surface area contributed by atoms with Gasteiger partial charge in [0.15, 0.2) is 0 Å². The number of urea groups is 1. The van der Waals surface area contributed by atoms with Crippen molar-refractivity contribution in [3.8, 4) is 0 Å². The molecular formula is C11H16N4O2. The second kappa shape index (κ2) is 6.59. The number of nitrogens with one attached hydrogen (secondary N) is 2. The number of hydrogen-bond donors (Lipinski definition) is 3. The number of nitrogens with two attached hydrogens (primary N) is 1. The Morgan fingerprint density at radius 3 is 2.82 bits per heavy atom. The van der Waals surface area contributed by atoms with Gasteiger partial charge in [-0.25, -0.2) is 4.79 Å². The molecule has 1 aromatic rings. The lowest BCUT2D eigenvalue weighted by atomic mass is 10.2. The summed E-state index contributed by atoms with van der Waals surface area (Å²) in [5.74, 6) is -0.432. The van der Waals surface area contributed by atoms with Gasteiger partial charge in [0, 0.05) is 24.9 Å². The van der Waals surface area contributed by atoms with Gasteiger partial charge in [-0.05, 0) is 19.1 Å². The SMILES string of the molecule is CC(NCCc1ccccn1)C(=O)NC(N)=O. The number of carbonyl (C=O) groups excluding carboxylic acids is 2. The van der Waals surface area contributed by atoms with Crippen LogP contribution in [-0.2, 0) is 11.2 Å². The second-order valence-corrected chi connectivity index (χ2v) is 3.60. The van der Waals surface area contributed by atoms with Crippen molar-refractivity contribution in [2.24, 2.45) is 5.73 Å². The first-order chi connectivity index (χ1) is 8.09. The maximum atomic E-state index is 11.3. The van der Waals surface area contributed by atoms with Gasteiger partial charge in [-0.2, -0.15) is 0 Å². The molecule has 0 aliphatic heterocycles. The van der Waals surface area contributed by atoms with Crippen LogP contribution < -0.4 is 16.4 Å². The minimum Gasteiger partial charge on any atom is -0.351 e. The summed E-state index contributed by atoms with van der Waals surface area (Å²) in [6, 6.07) is 4.36. The van der Waals surface area contributed by atoms with Gasteiger partial charge in [-0.1, -0.05) is 6.07 Å². The van der Waals surface area contributed by atoms with Crippen LogP contribution in [-0.4, -0.2) is 29.5 Å². The van der Waals surface area contributed by atoms with E-state index in [9.17, 15) is 9.59 Å². The number of pyridine rings is 1. The van der Waals surface area contributed by atoms with Crippen molar-refractivity contribution in [3.63, 3.8) is 0 Å². The average Bonchev–Trinajstić information content (AvgIpc) is 2.29. The average molecular weight is 236 g/mol. The van der Waals surface area contributed by atoms with Crippen LogP contribution in [0.1, 0.15) is 12.6 Å². The molecule has 92 valence electrons. The van der Waals surface area contributed by atoms with Gasteiger partial charge in [0.05, 0.1) is 6.04 Å². The summed E-state index contributed by atoms with van der Waals surface area (Å²) >= 11 is 0. The van der Waals surface area contributed by atoms with Crippen molar-refractivity contribution in [1.29, 1.82) is 0 Å². The Bertz CT molecular complexity index is 380. The summed E-state index contributed by atoms with van der Waals surface area (Å²) < 4.78 is 0. The maximum Gasteiger partial charge on any atom is 0.318 e. The third-order valence-corrected chi connectivity index (χ3v) is 2.20. The lowest BCUT2D eigenvalue weighted by molar-refractivity contribution is -0.121. The Hall–Kier alpha value is -1.95. The van der Waals surface area contributed by atoms with Gasteiger partial charge in [0.25, 0.3) is 0 Å². The highest BCUT2D eigenvalue weighted by atomic mass is 16.2. The summed E-state index contributed by atoms with van der Waals surface area (Å²) in [6.45, 7) is 2.26. The third-order valence-electron chi connectivity index (χ3n) is 2.20. The lowest BCUT2D eigenvalue weighted by Crippen LogP contribution is -2.46. The van der Waals surface area contributed by atoms with E-state index in [1.54, 1.807) is 13.1 Å². The van der Waals surface area contributed by atoms with E-state index in [0.29, 0.717) is 6.54 Å².